The number of hydrogen-bond acceptors (Lipinski definition) is 4. The Balaban J connectivity index is 2.25. The van der Waals surface area contributed by atoms with Crippen LogP contribution in [0.4, 0.5) is 5.69 Å². The Kier molecular flexibility index (Phi) is 7.46. The molecule has 0 heterocycles. The molecular weight excluding hydrogens is 532 g/mol. The number of halogens is 3. The van der Waals surface area contributed by atoms with Crippen molar-refractivity contribution in [1.82, 2.24) is 0 Å². The SMILES string of the molecule is N#CCOc1c(Br)cc(/C=C(/C#N)C(=O)Nc2ccc(Cl)cc2)cc1I. The number of anilines is 1. The zero-order valence-corrected chi connectivity index (χ0v) is 17.6. The number of rotatable bonds is 5. The third-order valence-electron chi connectivity index (χ3n) is 3.08. The Bertz CT molecular complexity index is 923. The topological polar surface area (TPSA) is 85.9 Å². The van der Waals surface area contributed by atoms with Crippen molar-refractivity contribution in [2.45, 2.75) is 0 Å². The first kappa shape index (κ1) is 20.2. The molecule has 0 aliphatic rings. The fraction of sp³-hybridized carbons (Fsp3) is 0.0556. The highest BCUT2D eigenvalue weighted by molar-refractivity contribution is 14.1. The number of hydrogen-bond donors (Lipinski definition) is 1. The number of nitrogens with one attached hydrogen (secondary N) is 1. The molecule has 0 bridgehead atoms. The Hall–Kier alpha value is -2.07. The summed E-state index contributed by atoms with van der Waals surface area (Å²) in [6, 6.07) is 13.9. The van der Waals surface area contributed by atoms with Crippen LogP contribution >= 0.6 is 50.1 Å². The van der Waals surface area contributed by atoms with Gasteiger partial charge in [-0.15, -0.1) is 0 Å². The minimum absolute atomic E-state index is 0.0478. The first-order chi connectivity index (χ1) is 12.4. The van der Waals surface area contributed by atoms with Gasteiger partial charge in [-0.2, -0.15) is 10.5 Å². The number of nitrogens with zero attached hydrogens (tertiary/aromatic N) is 2. The molecule has 2 aromatic rings. The molecule has 1 amide bonds. The van der Waals surface area contributed by atoms with E-state index in [0.717, 1.165) is 3.57 Å². The molecule has 0 saturated carbocycles. The first-order valence-corrected chi connectivity index (χ1v) is 9.37. The molecule has 2 rings (SSSR count). The van der Waals surface area contributed by atoms with Crippen LogP contribution in [0.15, 0.2) is 46.4 Å². The van der Waals surface area contributed by atoms with Crippen LogP contribution in [-0.2, 0) is 4.79 Å². The van der Waals surface area contributed by atoms with Gasteiger partial charge in [0.05, 0.1) is 8.04 Å². The summed E-state index contributed by atoms with van der Waals surface area (Å²) < 4.78 is 6.72. The molecule has 0 radical (unpaired) electrons. The molecule has 0 spiro atoms. The largest absolute Gasteiger partial charge is 0.476 e. The minimum atomic E-state index is -0.522. The Morgan fingerprint density at radius 1 is 1.31 bits per heavy atom. The lowest BCUT2D eigenvalue weighted by molar-refractivity contribution is -0.112. The number of carbonyl (C=O) groups is 1. The van der Waals surface area contributed by atoms with Gasteiger partial charge in [0.25, 0.3) is 5.91 Å². The van der Waals surface area contributed by atoms with E-state index in [1.807, 2.05) is 12.1 Å². The highest BCUT2D eigenvalue weighted by Crippen LogP contribution is 2.32. The molecule has 0 fully saturated rings. The Morgan fingerprint density at radius 2 is 2.00 bits per heavy atom. The summed E-state index contributed by atoms with van der Waals surface area (Å²) in [6.45, 7) is -0.0727. The highest BCUT2D eigenvalue weighted by atomic mass is 127. The van der Waals surface area contributed by atoms with Crippen LogP contribution in [0.25, 0.3) is 6.08 Å². The minimum Gasteiger partial charge on any atom is -0.476 e. The average molecular weight is 543 g/mol. The molecule has 5 nitrogen and oxygen atoms in total. The zero-order chi connectivity index (χ0) is 19.1. The monoisotopic (exact) mass is 541 g/mol. The Labute approximate surface area is 177 Å². The molecule has 0 unspecified atom stereocenters. The molecule has 0 aromatic heterocycles. The second-order valence-corrected chi connectivity index (χ2v) is 7.34. The summed E-state index contributed by atoms with van der Waals surface area (Å²) in [5, 5.41) is 21.1. The predicted molar refractivity (Wildman–Crippen MR) is 112 cm³/mol. The molecule has 8 heteroatoms. The van der Waals surface area contributed by atoms with Gasteiger partial charge in [0.15, 0.2) is 6.61 Å². The van der Waals surface area contributed by atoms with Crippen molar-refractivity contribution < 1.29 is 9.53 Å². The average Bonchev–Trinajstić information content (AvgIpc) is 2.61. The summed E-state index contributed by atoms with van der Waals surface area (Å²) in [6.07, 6.45) is 1.48. The van der Waals surface area contributed by atoms with E-state index in [1.54, 1.807) is 36.4 Å². The molecule has 130 valence electrons. The lowest BCUT2D eigenvalue weighted by Crippen LogP contribution is -2.13. The summed E-state index contributed by atoms with van der Waals surface area (Å²) >= 11 is 11.2. The van der Waals surface area contributed by atoms with Gasteiger partial charge < -0.3 is 10.1 Å². The quantitative estimate of drug-likeness (QED) is 0.322. The van der Waals surface area contributed by atoms with E-state index in [4.69, 9.17) is 21.6 Å². The maximum absolute atomic E-state index is 12.3. The normalized spacial score (nSPS) is 10.6. The highest BCUT2D eigenvalue weighted by Gasteiger charge is 2.12. The summed E-state index contributed by atoms with van der Waals surface area (Å²) in [5.74, 6) is 0.0131. The van der Waals surface area contributed by atoms with Crippen molar-refractivity contribution in [3.63, 3.8) is 0 Å². The van der Waals surface area contributed by atoms with Crippen LogP contribution in [0, 0.1) is 26.2 Å². The summed E-state index contributed by atoms with van der Waals surface area (Å²) in [7, 11) is 0. The molecule has 0 atom stereocenters. The fourth-order valence-corrected chi connectivity index (χ4v) is 3.85. The summed E-state index contributed by atoms with van der Waals surface area (Å²) in [4.78, 5) is 12.3. The van der Waals surface area contributed by atoms with E-state index in [-0.39, 0.29) is 12.2 Å². The number of nitriles is 2. The van der Waals surface area contributed by atoms with Gasteiger partial charge in [-0.25, -0.2) is 0 Å². The van der Waals surface area contributed by atoms with Crippen molar-refractivity contribution in [2.75, 3.05) is 11.9 Å². The lowest BCUT2D eigenvalue weighted by Gasteiger charge is -2.09. The van der Waals surface area contributed by atoms with Crippen LogP contribution in [0.1, 0.15) is 5.56 Å². The van der Waals surface area contributed by atoms with Gasteiger partial charge in [0, 0.05) is 10.7 Å². The van der Waals surface area contributed by atoms with Crippen molar-refractivity contribution in [3.8, 4) is 17.9 Å². The third kappa shape index (κ3) is 5.46. The van der Waals surface area contributed by atoms with Gasteiger partial charge in [0.1, 0.15) is 23.5 Å². The molecular formula is C18H10BrClIN3O2. The number of ether oxygens (including phenoxy) is 1. The second kappa shape index (κ2) is 9.58. The molecule has 26 heavy (non-hydrogen) atoms. The van der Waals surface area contributed by atoms with Crippen LogP contribution in [0.3, 0.4) is 0 Å². The molecule has 0 aliphatic carbocycles. The van der Waals surface area contributed by atoms with Gasteiger partial charge in [-0.05, 0) is 86.6 Å². The van der Waals surface area contributed by atoms with Crippen molar-refractivity contribution >= 4 is 67.8 Å². The van der Waals surface area contributed by atoms with E-state index in [2.05, 4.69) is 43.8 Å². The molecule has 0 aliphatic heterocycles. The number of benzene rings is 2. The Morgan fingerprint density at radius 3 is 2.58 bits per heavy atom. The maximum atomic E-state index is 12.3. The van der Waals surface area contributed by atoms with Crippen LogP contribution in [0.2, 0.25) is 5.02 Å². The van der Waals surface area contributed by atoms with Gasteiger partial charge in [-0.3, -0.25) is 4.79 Å². The first-order valence-electron chi connectivity index (χ1n) is 7.12. The van der Waals surface area contributed by atoms with E-state index in [0.29, 0.717) is 26.5 Å². The van der Waals surface area contributed by atoms with Crippen LogP contribution < -0.4 is 10.1 Å². The number of carbonyl (C=O) groups excluding carboxylic acids is 1. The smallest absolute Gasteiger partial charge is 0.266 e. The molecule has 0 saturated heterocycles. The van der Waals surface area contributed by atoms with Crippen molar-refractivity contribution in [2.24, 2.45) is 0 Å². The maximum Gasteiger partial charge on any atom is 0.266 e. The van der Waals surface area contributed by atoms with Crippen LogP contribution in [0.5, 0.6) is 5.75 Å². The van der Waals surface area contributed by atoms with Crippen LogP contribution in [-0.4, -0.2) is 12.5 Å². The number of amides is 1. The van der Waals surface area contributed by atoms with E-state index >= 15 is 0 Å². The summed E-state index contributed by atoms with van der Waals surface area (Å²) in [5.41, 5.74) is 1.14. The molecule has 1 N–H and O–H groups in total. The van der Waals surface area contributed by atoms with E-state index in [9.17, 15) is 10.1 Å². The van der Waals surface area contributed by atoms with Crippen molar-refractivity contribution in [3.05, 3.63) is 60.6 Å². The van der Waals surface area contributed by atoms with Gasteiger partial charge in [-0.1, -0.05) is 11.6 Å². The second-order valence-electron chi connectivity index (χ2n) is 4.89. The van der Waals surface area contributed by atoms with E-state index < -0.39 is 5.91 Å². The zero-order valence-electron chi connectivity index (χ0n) is 13.1. The van der Waals surface area contributed by atoms with Gasteiger partial charge in [0.2, 0.25) is 0 Å². The third-order valence-corrected chi connectivity index (χ3v) is 4.72. The molecule has 2 aromatic carbocycles. The van der Waals surface area contributed by atoms with E-state index in [1.165, 1.54) is 6.08 Å². The van der Waals surface area contributed by atoms with Crippen molar-refractivity contribution in [1.29, 1.82) is 10.5 Å². The lowest BCUT2D eigenvalue weighted by atomic mass is 10.1. The van der Waals surface area contributed by atoms with Gasteiger partial charge >= 0.3 is 0 Å². The fourth-order valence-electron chi connectivity index (χ4n) is 1.95. The standard InChI is InChI=1S/C18H10BrClIN3O2/c19-15-8-11(9-16(21)17(15)26-6-5-22)7-12(10-23)18(25)24-14-3-1-13(20)2-4-14/h1-4,7-9H,6H2,(H,24,25)/b12-7-. The predicted octanol–water partition coefficient (Wildman–Crippen LogP) is 5.16.